The summed E-state index contributed by atoms with van der Waals surface area (Å²) in [6, 6.07) is 4.50. The number of nitrogens with one attached hydrogen (secondary N) is 1. The van der Waals surface area contributed by atoms with Crippen LogP contribution in [0.4, 0.5) is 22.0 Å². The summed E-state index contributed by atoms with van der Waals surface area (Å²) >= 11 is 4.82. The Kier molecular flexibility index (Phi) is 6.42. The Morgan fingerprint density at radius 3 is 2.73 bits per heavy atom. The van der Waals surface area contributed by atoms with Crippen LogP contribution in [0.15, 0.2) is 23.3 Å². The van der Waals surface area contributed by atoms with E-state index >= 15 is 0 Å². The monoisotopic (exact) mass is 396 g/mol. The van der Waals surface area contributed by atoms with Gasteiger partial charge in [-0.05, 0) is 36.0 Å². The normalized spacial score (nSPS) is 12.3. The summed E-state index contributed by atoms with van der Waals surface area (Å²) in [5.74, 6) is -0.342. The molecule has 1 heterocycles. The number of halogens is 5. The van der Waals surface area contributed by atoms with Gasteiger partial charge in [0.25, 0.3) is 6.43 Å². The van der Waals surface area contributed by atoms with Gasteiger partial charge in [-0.2, -0.15) is 28.0 Å². The standard InChI is InChI=1S/C14H13F5N4O2S/c1-24-10-3-2-8(4-9(10)6-25-7-14(17,18)19)5-20-23-12(11(15)16)21-22-13(23)26/h2-5,11H,6-7H2,1H3,(H,22,26)/b20-5-. The third-order valence-corrected chi connectivity index (χ3v) is 3.28. The van der Waals surface area contributed by atoms with Crippen molar-refractivity contribution in [2.75, 3.05) is 13.7 Å². The van der Waals surface area contributed by atoms with E-state index in [1.54, 1.807) is 6.07 Å². The van der Waals surface area contributed by atoms with Crippen molar-refractivity contribution in [1.29, 1.82) is 0 Å². The Bertz CT molecular complexity index is 831. The summed E-state index contributed by atoms with van der Waals surface area (Å²) in [7, 11) is 1.36. The summed E-state index contributed by atoms with van der Waals surface area (Å²) in [4.78, 5) is 0. The molecule has 26 heavy (non-hydrogen) atoms. The lowest BCUT2D eigenvalue weighted by atomic mass is 10.1. The van der Waals surface area contributed by atoms with E-state index in [1.165, 1.54) is 25.5 Å². The first kappa shape index (κ1) is 20.0. The number of aromatic nitrogens is 3. The van der Waals surface area contributed by atoms with Crippen LogP contribution in [0, 0.1) is 4.77 Å². The molecule has 1 aromatic carbocycles. The highest BCUT2D eigenvalue weighted by Gasteiger charge is 2.27. The molecule has 12 heteroatoms. The van der Waals surface area contributed by atoms with Gasteiger partial charge in [-0.3, -0.25) is 0 Å². The van der Waals surface area contributed by atoms with Crippen LogP contribution in [0.5, 0.6) is 5.75 Å². The van der Waals surface area contributed by atoms with Gasteiger partial charge in [0, 0.05) is 5.56 Å². The van der Waals surface area contributed by atoms with Gasteiger partial charge >= 0.3 is 6.18 Å². The van der Waals surface area contributed by atoms with Gasteiger partial charge in [-0.1, -0.05) is 0 Å². The lowest BCUT2D eigenvalue weighted by Gasteiger charge is -2.11. The molecule has 142 valence electrons. The number of rotatable bonds is 7. The lowest BCUT2D eigenvalue weighted by molar-refractivity contribution is -0.176. The number of H-pyrrole nitrogens is 1. The molecule has 0 atom stereocenters. The summed E-state index contributed by atoms with van der Waals surface area (Å²) in [6.45, 7) is -1.76. The molecule has 0 aliphatic heterocycles. The Morgan fingerprint density at radius 2 is 2.12 bits per heavy atom. The zero-order valence-corrected chi connectivity index (χ0v) is 14.1. The van der Waals surface area contributed by atoms with Crippen LogP contribution < -0.4 is 4.74 Å². The van der Waals surface area contributed by atoms with E-state index in [0.717, 1.165) is 4.68 Å². The van der Waals surface area contributed by atoms with Gasteiger partial charge in [-0.25, -0.2) is 13.9 Å². The quantitative estimate of drug-likeness (QED) is 0.439. The highest BCUT2D eigenvalue weighted by molar-refractivity contribution is 7.71. The molecule has 1 N–H and O–H groups in total. The minimum absolute atomic E-state index is 0.126. The molecule has 1 aromatic heterocycles. The first-order chi connectivity index (χ1) is 12.2. The van der Waals surface area contributed by atoms with Crippen molar-refractivity contribution in [3.05, 3.63) is 39.9 Å². The average Bonchev–Trinajstić information content (AvgIpc) is 2.93. The van der Waals surface area contributed by atoms with Crippen LogP contribution in [0.1, 0.15) is 23.4 Å². The van der Waals surface area contributed by atoms with E-state index in [9.17, 15) is 22.0 Å². The highest BCUT2D eigenvalue weighted by Crippen LogP contribution is 2.22. The average molecular weight is 396 g/mol. The van der Waals surface area contributed by atoms with E-state index in [4.69, 9.17) is 17.0 Å². The molecular formula is C14H13F5N4O2S. The van der Waals surface area contributed by atoms with Crippen molar-refractivity contribution < 1.29 is 31.4 Å². The lowest BCUT2D eigenvalue weighted by Crippen LogP contribution is -2.16. The maximum absolute atomic E-state index is 12.8. The number of nitrogens with zero attached hydrogens (tertiary/aromatic N) is 3. The summed E-state index contributed by atoms with van der Waals surface area (Å²) in [5.41, 5.74) is 0.755. The van der Waals surface area contributed by atoms with Gasteiger partial charge in [0.05, 0.1) is 19.9 Å². The zero-order chi connectivity index (χ0) is 19.3. The van der Waals surface area contributed by atoms with Crippen LogP contribution in [-0.2, 0) is 11.3 Å². The van der Waals surface area contributed by atoms with Crippen molar-refractivity contribution in [2.24, 2.45) is 5.10 Å². The largest absolute Gasteiger partial charge is 0.496 e. The van der Waals surface area contributed by atoms with E-state index in [2.05, 4.69) is 20.0 Å². The fraction of sp³-hybridized carbons (Fsp3) is 0.357. The third kappa shape index (κ3) is 5.33. The highest BCUT2D eigenvalue weighted by atomic mass is 32.1. The van der Waals surface area contributed by atoms with Crippen LogP contribution in [0.25, 0.3) is 0 Å². The van der Waals surface area contributed by atoms with E-state index in [-0.39, 0.29) is 11.4 Å². The minimum Gasteiger partial charge on any atom is -0.496 e. The molecule has 0 spiro atoms. The molecule has 0 unspecified atom stereocenters. The second kappa shape index (κ2) is 8.36. The smallest absolute Gasteiger partial charge is 0.411 e. The van der Waals surface area contributed by atoms with Crippen LogP contribution in [0.2, 0.25) is 0 Å². The SMILES string of the molecule is COc1ccc(/C=N\n2c(C(F)F)n[nH]c2=S)cc1COCC(F)(F)F. The van der Waals surface area contributed by atoms with Crippen LogP contribution in [-0.4, -0.2) is 41.0 Å². The second-order valence-electron chi connectivity index (χ2n) is 4.92. The Morgan fingerprint density at radius 1 is 1.38 bits per heavy atom. The molecular weight excluding hydrogens is 383 g/mol. The fourth-order valence-corrected chi connectivity index (χ4v) is 2.14. The van der Waals surface area contributed by atoms with Gasteiger partial charge in [-0.15, -0.1) is 0 Å². The predicted molar refractivity (Wildman–Crippen MR) is 84.1 cm³/mol. The molecule has 0 aliphatic carbocycles. The van der Waals surface area contributed by atoms with E-state index in [0.29, 0.717) is 16.9 Å². The number of hydrogen-bond acceptors (Lipinski definition) is 5. The molecule has 0 radical (unpaired) electrons. The predicted octanol–water partition coefficient (Wildman–Crippen LogP) is 3.85. The van der Waals surface area contributed by atoms with E-state index < -0.39 is 25.0 Å². The van der Waals surface area contributed by atoms with Crippen molar-refractivity contribution in [1.82, 2.24) is 14.9 Å². The molecule has 6 nitrogen and oxygen atoms in total. The summed E-state index contributed by atoms with van der Waals surface area (Å²) in [6.07, 6.45) is -6.12. The van der Waals surface area contributed by atoms with Crippen molar-refractivity contribution in [2.45, 2.75) is 19.2 Å². The maximum Gasteiger partial charge on any atom is 0.411 e. The van der Waals surface area contributed by atoms with Gasteiger partial charge in [0.2, 0.25) is 10.6 Å². The Hall–Kier alpha value is -2.34. The van der Waals surface area contributed by atoms with Gasteiger partial charge in [0.1, 0.15) is 12.4 Å². The number of methoxy groups -OCH3 is 1. The zero-order valence-electron chi connectivity index (χ0n) is 13.3. The molecule has 2 aromatic rings. The van der Waals surface area contributed by atoms with E-state index in [1.807, 2.05) is 0 Å². The minimum atomic E-state index is -4.45. The van der Waals surface area contributed by atoms with Crippen molar-refractivity contribution >= 4 is 18.4 Å². The first-order valence-electron chi connectivity index (χ1n) is 7.02. The number of alkyl halides is 5. The molecule has 0 amide bonds. The number of aromatic amines is 1. The first-order valence-corrected chi connectivity index (χ1v) is 7.43. The Labute approximate surface area is 149 Å². The molecule has 0 fully saturated rings. The maximum atomic E-state index is 12.8. The second-order valence-corrected chi connectivity index (χ2v) is 5.31. The number of ether oxygens (including phenoxy) is 2. The number of hydrogen-bond donors (Lipinski definition) is 1. The topological polar surface area (TPSA) is 64.4 Å². The van der Waals surface area contributed by atoms with Crippen LogP contribution in [0.3, 0.4) is 0 Å². The third-order valence-electron chi connectivity index (χ3n) is 3.02. The van der Waals surface area contributed by atoms with Crippen LogP contribution >= 0.6 is 12.2 Å². The van der Waals surface area contributed by atoms with Crippen molar-refractivity contribution in [3.8, 4) is 5.75 Å². The Balaban J connectivity index is 2.21. The molecule has 2 rings (SSSR count). The van der Waals surface area contributed by atoms with Gasteiger partial charge in [0.15, 0.2) is 0 Å². The van der Waals surface area contributed by atoms with Gasteiger partial charge < -0.3 is 9.47 Å². The summed E-state index contributed by atoms with van der Waals surface area (Å²) in [5, 5.41) is 9.40. The fourth-order valence-electron chi connectivity index (χ4n) is 1.95. The number of benzene rings is 1. The summed E-state index contributed by atoms with van der Waals surface area (Å²) < 4.78 is 72.5. The molecule has 0 saturated carbocycles. The van der Waals surface area contributed by atoms with Crippen molar-refractivity contribution in [3.63, 3.8) is 0 Å². The molecule has 0 aliphatic rings. The molecule has 0 bridgehead atoms. The molecule has 0 saturated heterocycles.